The van der Waals surface area contributed by atoms with E-state index in [1.54, 1.807) is 0 Å². The molecule has 0 saturated carbocycles. The summed E-state index contributed by atoms with van der Waals surface area (Å²) in [5.74, 6) is 0.566. The highest BCUT2D eigenvalue weighted by Crippen LogP contribution is 2.47. The molecule has 0 saturated heterocycles. The van der Waals surface area contributed by atoms with Crippen LogP contribution in [0.2, 0.25) is 0 Å². The predicted molar refractivity (Wildman–Crippen MR) is 172 cm³/mol. The molecule has 0 aromatic heterocycles. The van der Waals surface area contributed by atoms with Gasteiger partial charge >= 0.3 is 11.4 Å². The number of nitrogens with zero attached hydrogens (tertiary/aromatic N) is 4. The molecule has 0 aliphatic carbocycles. The number of hydrogen-bond donors (Lipinski definition) is 0. The van der Waals surface area contributed by atoms with Crippen LogP contribution in [-0.4, -0.2) is 9.85 Å². The third-order valence-electron chi connectivity index (χ3n) is 6.43. The average Bonchev–Trinajstić information content (AvgIpc) is 2.96. The summed E-state index contributed by atoms with van der Waals surface area (Å²) in [4.78, 5) is 21.9. The minimum absolute atomic E-state index is 0.0247. The summed E-state index contributed by atoms with van der Waals surface area (Å²) in [7, 11) is 0. The molecule has 0 amide bonds. The highest BCUT2D eigenvalue weighted by Gasteiger charge is 2.29. The van der Waals surface area contributed by atoms with E-state index >= 15 is 0 Å². The van der Waals surface area contributed by atoms with Crippen molar-refractivity contribution in [1.29, 1.82) is 10.5 Å². The van der Waals surface area contributed by atoms with Crippen molar-refractivity contribution >= 4 is 75.1 Å². The van der Waals surface area contributed by atoms with Gasteiger partial charge < -0.3 is 9.47 Å². The molecule has 4 rings (SSSR count). The Morgan fingerprint density at radius 1 is 0.651 bits per heavy atom. The van der Waals surface area contributed by atoms with Crippen LogP contribution in [0.3, 0.4) is 0 Å². The zero-order valence-electron chi connectivity index (χ0n) is 22.0. The molecule has 43 heavy (non-hydrogen) atoms. The highest BCUT2D eigenvalue weighted by molar-refractivity contribution is 9.11. The van der Waals surface area contributed by atoms with E-state index in [-0.39, 0.29) is 34.0 Å². The number of nitriles is 2. The smallest absolute Gasteiger partial charge is 0.312 e. The summed E-state index contributed by atoms with van der Waals surface area (Å²) in [5, 5.41) is 41.4. The van der Waals surface area contributed by atoms with Crippen LogP contribution in [0.4, 0.5) is 11.4 Å². The Labute approximate surface area is 278 Å². The Morgan fingerprint density at radius 3 is 1.26 bits per heavy atom. The van der Waals surface area contributed by atoms with Crippen molar-refractivity contribution in [3.63, 3.8) is 0 Å². The van der Waals surface area contributed by atoms with Gasteiger partial charge in [0.25, 0.3) is 0 Å². The second-order valence-corrected chi connectivity index (χ2v) is 12.9. The molecule has 0 unspecified atom stereocenters. The van der Waals surface area contributed by atoms with Crippen LogP contribution in [0.1, 0.15) is 36.1 Å². The summed E-state index contributed by atoms with van der Waals surface area (Å²) in [5.41, 5.74) is 0.687. The summed E-state index contributed by atoms with van der Waals surface area (Å²) >= 11 is 14.1. The Hall–Kier alpha value is -3.82. The lowest BCUT2D eigenvalue weighted by Gasteiger charge is -2.28. The Kier molecular flexibility index (Phi) is 9.57. The van der Waals surface area contributed by atoms with Crippen LogP contribution in [0, 0.1) is 42.9 Å². The van der Waals surface area contributed by atoms with E-state index in [4.69, 9.17) is 20.0 Å². The van der Waals surface area contributed by atoms with Gasteiger partial charge in [0.05, 0.1) is 51.0 Å². The van der Waals surface area contributed by atoms with E-state index in [1.807, 2.05) is 50.3 Å². The molecule has 0 aliphatic heterocycles. The first-order valence-corrected chi connectivity index (χ1v) is 15.2. The van der Waals surface area contributed by atoms with E-state index in [0.29, 0.717) is 29.4 Å². The minimum atomic E-state index is -0.613. The molecule has 0 atom stereocenters. The van der Waals surface area contributed by atoms with Gasteiger partial charge in [-0.25, -0.2) is 0 Å². The van der Waals surface area contributed by atoms with Crippen molar-refractivity contribution in [2.45, 2.75) is 19.3 Å². The van der Waals surface area contributed by atoms with E-state index in [0.717, 1.165) is 23.3 Å². The fourth-order valence-corrected chi connectivity index (χ4v) is 6.75. The van der Waals surface area contributed by atoms with Crippen molar-refractivity contribution in [1.82, 2.24) is 0 Å². The van der Waals surface area contributed by atoms with Crippen molar-refractivity contribution < 1.29 is 19.3 Å². The second kappa shape index (κ2) is 12.8. The molecular weight excluding hydrogens is 820 g/mol. The van der Waals surface area contributed by atoms with Crippen molar-refractivity contribution in [3.05, 3.63) is 121 Å². The number of halogens is 4. The molecule has 0 radical (unpaired) electrons. The number of nitro groups is 2. The van der Waals surface area contributed by atoms with Gasteiger partial charge in [0.2, 0.25) is 11.5 Å². The van der Waals surface area contributed by atoms with Crippen LogP contribution < -0.4 is 9.47 Å². The molecule has 216 valence electrons. The third kappa shape index (κ3) is 6.73. The zero-order chi connectivity index (χ0) is 31.6. The van der Waals surface area contributed by atoms with Gasteiger partial charge in [-0.15, -0.1) is 0 Å². The Balaban J connectivity index is 1.69. The third-order valence-corrected chi connectivity index (χ3v) is 8.79. The summed E-state index contributed by atoms with van der Waals surface area (Å²) < 4.78 is 13.9. The molecule has 0 fully saturated rings. The van der Waals surface area contributed by atoms with Crippen LogP contribution in [0.25, 0.3) is 0 Å². The SMILES string of the molecule is CC(C)(c1cc(Br)c(Oc2ccc(C#N)cc2[N+](=O)[O-])c(Br)c1)c1cc(Br)c(Oc2ccc(C#N)cc2[N+](=O)[O-])c(Br)c1. The summed E-state index contributed by atoms with van der Waals surface area (Å²) in [6.07, 6.45) is 0. The van der Waals surface area contributed by atoms with Crippen LogP contribution in [-0.2, 0) is 5.41 Å². The predicted octanol–water partition coefficient (Wildman–Crippen LogP) is 10.2. The quantitative estimate of drug-likeness (QED) is 0.126. The van der Waals surface area contributed by atoms with Gasteiger partial charge in [0.1, 0.15) is 0 Å². The largest absolute Gasteiger partial charge is 0.448 e. The minimum Gasteiger partial charge on any atom is -0.448 e. The number of benzene rings is 4. The molecular formula is C29H16Br4N4O6. The lowest BCUT2D eigenvalue weighted by atomic mass is 9.78. The van der Waals surface area contributed by atoms with E-state index < -0.39 is 15.3 Å². The Bertz CT molecular complexity index is 1720. The van der Waals surface area contributed by atoms with Crippen molar-refractivity contribution in [2.24, 2.45) is 0 Å². The van der Waals surface area contributed by atoms with Crippen molar-refractivity contribution in [3.8, 4) is 35.1 Å². The molecule has 4 aromatic carbocycles. The van der Waals surface area contributed by atoms with E-state index in [2.05, 4.69) is 63.7 Å². The molecule has 0 spiro atoms. The first-order valence-electron chi connectivity index (χ1n) is 12.0. The maximum Gasteiger partial charge on any atom is 0.312 e. The first-order chi connectivity index (χ1) is 20.3. The van der Waals surface area contributed by atoms with Crippen LogP contribution >= 0.6 is 63.7 Å². The van der Waals surface area contributed by atoms with E-state index in [1.165, 1.54) is 24.3 Å². The fraction of sp³-hybridized carbons (Fsp3) is 0.103. The van der Waals surface area contributed by atoms with Gasteiger partial charge in [-0.1, -0.05) is 13.8 Å². The molecule has 0 bridgehead atoms. The lowest BCUT2D eigenvalue weighted by molar-refractivity contribution is -0.385. The maximum atomic E-state index is 11.6. The highest BCUT2D eigenvalue weighted by atomic mass is 79.9. The maximum absolute atomic E-state index is 11.6. The van der Waals surface area contributed by atoms with Gasteiger partial charge in [0, 0.05) is 17.5 Å². The molecule has 4 aromatic rings. The summed E-state index contributed by atoms with van der Waals surface area (Å²) in [6, 6.07) is 19.0. The fourth-order valence-electron chi connectivity index (χ4n) is 4.05. The van der Waals surface area contributed by atoms with Gasteiger partial charge in [-0.05, 0) is 123 Å². The molecule has 10 nitrogen and oxygen atoms in total. The topological polar surface area (TPSA) is 152 Å². The monoisotopic (exact) mass is 832 g/mol. The number of rotatable bonds is 8. The molecule has 0 aliphatic rings. The second-order valence-electron chi connectivity index (χ2n) is 9.47. The molecule has 14 heteroatoms. The number of hydrogen-bond acceptors (Lipinski definition) is 8. The van der Waals surface area contributed by atoms with Gasteiger partial charge in [0.15, 0.2) is 11.5 Å². The molecule has 0 heterocycles. The standard InChI is InChI=1S/C29H16Br4N4O6/c1-29(2,17-9-19(30)27(20(31)10-17)42-25-5-3-15(13-34)7-23(25)36(38)39)18-11-21(32)28(22(33)12-18)43-26-6-4-16(14-35)8-24(26)37(40)41/h3-12H,1-2H3. The zero-order valence-corrected chi connectivity index (χ0v) is 28.4. The first kappa shape index (κ1) is 32.1. The lowest BCUT2D eigenvalue weighted by Crippen LogP contribution is -2.19. The number of ether oxygens (including phenoxy) is 2. The van der Waals surface area contributed by atoms with Gasteiger partial charge in [-0.3, -0.25) is 20.2 Å². The Morgan fingerprint density at radius 2 is 0.977 bits per heavy atom. The normalized spacial score (nSPS) is 10.9. The number of nitro benzene ring substituents is 2. The average molecular weight is 836 g/mol. The molecule has 0 N–H and O–H groups in total. The van der Waals surface area contributed by atoms with Crippen LogP contribution in [0.5, 0.6) is 23.0 Å². The van der Waals surface area contributed by atoms with Crippen LogP contribution in [0.15, 0.2) is 78.6 Å². The van der Waals surface area contributed by atoms with Gasteiger partial charge in [-0.2, -0.15) is 10.5 Å². The summed E-state index contributed by atoms with van der Waals surface area (Å²) in [6.45, 7) is 3.99. The van der Waals surface area contributed by atoms with Crippen molar-refractivity contribution in [2.75, 3.05) is 0 Å². The van der Waals surface area contributed by atoms with E-state index in [9.17, 15) is 20.2 Å².